The van der Waals surface area contributed by atoms with Gasteiger partial charge in [-0.05, 0) is 5.92 Å². The van der Waals surface area contributed by atoms with E-state index in [1.807, 2.05) is 24.9 Å². The first-order valence-corrected chi connectivity index (χ1v) is 4.79. The molecule has 1 amide bonds. The summed E-state index contributed by atoms with van der Waals surface area (Å²) in [5.41, 5.74) is 0. The number of carbonyl (C=O) groups excluding carboxylic acids is 1. The van der Waals surface area contributed by atoms with Crippen molar-refractivity contribution >= 4 is 6.03 Å². The second kappa shape index (κ2) is 4.26. The van der Waals surface area contributed by atoms with E-state index in [2.05, 4.69) is 13.8 Å². The van der Waals surface area contributed by atoms with Crippen molar-refractivity contribution in [3.63, 3.8) is 0 Å². The van der Waals surface area contributed by atoms with E-state index in [1.165, 1.54) is 0 Å². The van der Waals surface area contributed by atoms with Crippen LogP contribution in [0, 0.1) is 5.92 Å². The molecule has 0 fully saturated rings. The zero-order valence-corrected chi connectivity index (χ0v) is 9.27. The van der Waals surface area contributed by atoms with Gasteiger partial charge < -0.3 is 4.90 Å². The van der Waals surface area contributed by atoms with Gasteiger partial charge in [-0.15, -0.1) is 0 Å². The Morgan fingerprint density at radius 1 is 1.57 bits per heavy atom. The van der Waals surface area contributed by atoms with Crippen LogP contribution in [0.2, 0.25) is 0 Å². The molecule has 0 bridgehead atoms. The summed E-state index contributed by atoms with van der Waals surface area (Å²) < 4.78 is 3.43. The van der Waals surface area contributed by atoms with Crippen molar-refractivity contribution < 1.29 is 9.36 Å². The van der Waals surface area contributed by atoms with Gasteiger partial charge in [0.05, 0.1) is 7.05 Å². The number of hydrogen-bond acceptors (Lipinski definition) is 1. The Balaban J connectivity index is 2.65. The number of nitrogens with zero attached hydrogens (tertiary/aromatic N) is 3. The van der Waals surface area contributed by atoms with Crippen molar-refractivity contribution in [2.75, 3.05) is 13.6 Å². The molecule has 0 aliphatic rings. The second-order valence-corrected chi connectivity index (χ2v) is 4.04. The molecule has 0 atom stereocenters. The number of rotatable bonds is 2. The molecule has 0 aliphatic carbocycles. The minimum Gasteiger partial charge on any atom is -0.307 e. The minimum atomic E-state index is 0.0132. The summed E-state index contributed by atoms with van der Waals surface area (Å²) in [4.78, 5) is 13.5. The maximum Gasteiger partial charge on any atom is 0.415 e. The van der Waals surface area contributed by atoms with Crippen molar-refractivity contribution in [1.29, 1.82) is 0 Å². The highest BCUT2D eigenvalue weighted by molar-refractivity contribution is 5.76. The van der Waals surface area contributed by atoms with E-state index in [1.54, 1.807) is 22.0 Å². The largest absolute Gasteiger partial charge is 0.415 e. The Morgan fingerprint density at radius 3 is 2.64 bits per heavy atom. The van der Waals surface area contributed by atoms with Crippen LogP contribution in [0.4, 0.5) is 4.79 Å². The van der Waals surface area contributed by atoms with Gasteiger partial charge in [0, 0.05) is 13.6 Å². The summed E-state index contributed by atoms with van der Waals surface area (Å²) in [6.07, 6.45) is 5.37. The predicted octanol–water partition coefficient (Wildman–Crippen LogP) is 0.868. The van der Waals surface area contributed by atoms with Crippen molar-refractivity contribution in [3.8, 4) is 0 Å². The van der Waals surface area contributed by atoms with E-state index in [-0.39, 0.29) is 6.03 Å². The lowest BCUT2D eigenvalue weighted by Gasteiger charge is -2.15. The molecule has 0 aromatic carbocycles. The molecule has 0 spiro atoms. The fraction of sp³-hybridized carbons (Fsp3) is 0.600. The van der Waals surface area contributed by atoms with E-state index in [9.17, 15) is 4.79 Å². The standard InChI is InChI=1S/C10H18N3O/c1-9(2)7-12(4)10(14)13-6-5-11(3)8-13/h5-6,8-9H,7H2,1-4H3/q+1. The first-order chi connectivity index (χ1) is 6.50. The first-order valence-electron chi connectivity index (χ1n) is 4.79. The van der Waals surface area contributed by atoms with Gasteiger partial charge in [0.2, 0.25) is 0 Å². The maximum absolute atomic E-state index is 11.8. The zero-order chi connectivity index (χ0) is 10.7. The highest BCUT2D eigenvalue weighted by Gasteiger charge is 2.17. The van der Waals surface area contributed by atoms with Gasteiger partial charge in [-0.3, -0.25) is 0 Å². The molecule has 1 heterocycles. The highest BCUT2D eigenvalue weighted by atomic mass is 16.2. The molecule has 0 N–H and O–H groups in total. The molecule has 1 aromatic heterocycles. The number of hydrogen-bond donors (Lipinski definition) is 0. The average Bonchev–Trinajstić information content (AvgIpc) is 2.49. The molecule has 1 rings (SSSR count). The van der Waals surface area contributed by atoms with Crippen LogP contribution < -0.4 is 4.57 Å². The predicted molar refractivity (Wildman–Crippen MR) is 53.9 cm³/mol. The third-order valence-corrected chi connectivity index (χ3v) is 1.96. The van der Waals surface area contributed by atoms with Crippen molar-refractivity contribution in [2.24, 2.45) is 13.0 Å². The van der Waals surface area contributed by atoms with Crippen LogP contribution in [0.3, 0.4) is 0 Å². The number of imidazole rings is 1. The zero-order valence-electron chi connectivity index (χ0n) is 9.27. The molecule has 4 heteroatoms. The lowest BCUT2D eigenvalue weighted by Crippen LogP contribution is -2.34. The summed E-state index contributed by atoms with van der Waals surface area (Å²) in [7, 11) is 3.72. The van der Waals surface area contributed by atoms with Crippen LogP contribution in [0.25, 0.3) is 0 Å². The molecule has 1 aromatic rings. The smallest absolute Gasteiger partial charge is 0.307 e. The molecule has 4 nitrogen and oxygen atoms in total. The third-order valence-electron chi connectivity index (χ3n) is 1.96. The van der Waals surface area contributed by atoms with E-state index in [0.29, 0.717) is 5.92 Å². The molecule has 0 saturated carbocycles. The summed E-state index contributed by atoms with van der Waals surface area (Å²) in [5.74, 6) is 0.494. The maximum atomic E-state index is 11.8. The topological polar surface area (TPSA) is 29.1 Å². The van der Waals surface area contributed by atoms with E-state index in [4.69, 9.17) is 0 Å². The third kappa shape index (κ3) is 2.58. The number of carbonyl (C=O) groups is 1. The summed E-state index contributed by atoms with van der Waals surface area (Å²) in [6.45, 7) is 4.97. The van der Waals surface area contributed by atoms with Crippen molar-refractivity contribution in [1.82, 2.24) is 9.47 Å². The lowest BCUT2D eigenvalue weighted by molar-refractivity contribution is -0.670. The van der Waals surface area contributed by atoms with Crippen molar-refractivity contribution in [3.05, 3.63) is 18.7 Å². The van der Waals surface area contributed by atoms with E-state index in [0.717, 1.165) is 6.54 Å². The van der Waals surface area contributed by atoms with Gasteiger partial charge in [0.25, 0.3) is 6.33 Å². The van der Waals surface area contributed by atoms with Crippen molar-refractivity contribution in [2.45, 2.75) is 13.8 Å². The van der Waals surface area contributed by atoms with Gasteiger partial charge in [-0.1, -0.05) is 13.8 Å². The minimum absolute atomic E-state index is 0.0132. The van der Waals surface area contributed by atoms with Crippen LogP contribution in [0.1, 0.15) is 13.8 Å². The van der Waals surface area contributed by atoms with Crippen LogP contribution >= 0.6 is 0 Å². The van der Waals surface area contributed by atoms with Crippen LogP contribution in [-0.2, 0) is 7.05 Å². The monoisotopic (exact) mass is 196 g/mol. The molecular formula is C10H18N3O+. The van der Waals surface area contributed by atoms with Gasteiger partial charge in [-0.25, -0.2) is 9.36 Å². The van der Waals surface area contributed by atoms with Crippen LogP contribution in [0.15, 0.2) is 18.7 Å². The summed E-state index contributed by atoms with van der Waals surface area (Å²) in [6, 6.07) is 0.0132. The van der Waals surface area contributed by atoms with Gasteiger partial charge >= 0.3 is 6.03 Å². The Morgan fingerprint density at radius 2 is 2.21 bits per heavy atom. The summed E-state index contributed by atoms with van der Waals surface area (Å²) in [5, 5.41) is 0. The average molecular weight is 196 g/mol. The molecule has 78 valence electrons. The Bertz CT molecular complexity index is 317. The first kappa shape index (κ1) is 10.8. The lowest BCUT2D eigenvalue weighted by atomic mass is 10.2. The fourth-order valence-electron chi connectivity index (χ4n) is 1.39. The number of aromatic nitrogens is 2. The van der Waals surface area contributed by atoms with E-state index >= 15 is 0 Å². The quantitative estimate of drug-likeness (QED) is 0.645. The normalized spacial score (nSPS) is 10.6. The highest BCUT2D eigenvalue weighted by Crippen LogP contribution is 1.98. The number of aryl methyl sites for hydroxylation is 1. The number of amides is 1. The molecular weight excluding hydrogens is 178 g/mol. The molecule has 0 radical (unpaired) electrons. The van der Waals surface area contributed by atoms with Crippen LogP contribution in [0.5, 0.6) is 0 Å². The van der Waals surface area contributed by atoms with E-state index < -0.39 is 0 Å². The molecule has 0 saturated heterocycles. The summed E-state index contributed by atoms with van der Waals surface area (Å²) >= 11 is 0. The van der Waals surface area contributed by atoms with Crippen LogP contribution in [-0.4, -0.2) is 29.1 Å². The molecule has 0 aliphatic heterocycles. The fourth-order valence-corrected chi connectivity index (χ4v) is 1.39. The molecule has 14 heavy (non-hydrogen) atoms. The Kier molecular flexibility index (Phi) is 3.28. The SMILES string of the molecule is CC(C)CN(C)C(=O)n1cc[n+](C)c1. The second-order valence-electron chi connectivity index (χ2n) is 4.04. The molecule has 0 unspecified atom stereocenters. The Hall–Kier alpha value is -1.32. The van der Waals surface area contributed by atoms with Gasteiger partial charge in [-0.2, -0.15) is 4.57 Å². The Labute approximate surface area is 84.8 Å². The van der Waals surface area contributed by atoms with Gasteiger partial charge in [0.15, 0.2) is 0 Å². The van der Waals surface area contributed by atoms with Gasteiger partial charge in [0.1, 0.15) is 12.4 Å².